The first kappa shape index (κ1) is 25.9. The zero-order chi connectivity index (χ0) is 22.4. The van der Waals surface area contributed by atoms with Gasteiger partial charge in [-0.25, -0.2) is 4.79 Å². The van der Waals surface area contributed by atoms with Crippen molar-refractivity contribution in [1.29, 1.82) is 0 Å². The van der Waals surface area contributed by atoms with E-state index in [0.29, 0.717) is 13.2 Å². The first-order chi connectivity index (χ1) is 14.5. The second-order valence-electron chi connectivity index (χ2n) is 7.89. The van der Waals surface area contributed by atoms with Crippen LogP contribution in [0.25, 0.3) is 0 Å². The van der Waals surface area contributed by atoms with Gasteiger partial charge in [-0.15, -0.1) is 0 Å². The molecule has 0 aliphatic heterocycles. The summed E-state index contributed by atoms with van der Waals surface area (Å²) < 4.78 is 11.6. The number of carbonyl (C=O) groups is 1. The van der Waals surface area contributed by atoms with Gasteiger partial charge in [0.1, 0.15) is 5.56 Å². The van der Waals surface area contributed by atoms with Gasteiger partial charge in [0.2, 0.25) is 11.5 Å². The predicted molar refractivity (Wildman–Crippen MR) is 119 cm³/mol. The predicted octanol–water partition coefficient (Wildman–Crippen LogP) is 6.58. The molecule has 0 saturated heterocycles. The molecular weight excluding hydrogens is 384 g/mol. The number of unbranched alkanes of at least 4 members (excludes halogenated alkanes) is 10. The summed E-state index contributed by atoms with van der Waals surface area (Å²) in [4.78, 5) is 11.6. The van der Waals surface area contributed by atoms with Gasteiger partial charge in [-0.1, -0.05) is 78.1 Å². The lowest BCUT2D eigenvalue weighted by atomic mass is 10.0. The van der Waals surface area contributed by atoms with Crippen molar-refractivity contribution >= 4 is 5.97 Å². The summed E-state index contributed by atoms with van der Waals surface area (Å²) in [6.45, 7) is 6.70. The van der Waals surface area contributed by atoms with Gasteiger partial charge in [0.05, 0.1) is 13.2 Å². The highest BCUT2D eigenvalue weighted by molar-refractivity contribution is 5.95. The monoisotopic (exact) mass is 424 g/mol. The van der Waals surface area contributed by atoms with Crippen LogP contribution in [0.3, 0.4) is 0 Å². The summed E-state index contributed by atoms with van der Waals surface area (Å²) in [5, 5.41) is 30.0. The summed E-state index contributed by atoms with van der Waals surface area (Å²) in [5.74, 6) is -2.31. The number of phenolic OH excluding ortho intramolecular Hbond substituents is 1. The summed E-state index contributed by atoms with van der Waals surface area (Å²) in [6, 6.07) is 0. The lowest BCUT2D eigenvalue weighted by Crippen LogP contribution is -2.09. The Kier molecular flexibility index (Phi) is 12.8. The van der Waals surface area contributed by atoms with E-state index in [1.807, 2.05) is 0 Å². The zero-order valence-corrected chi connectivity index (χ0v) is 19.0. The number of hydrogen-bond acceptors (Lipinski definition) is 5. The molecule has 1 rings (SSSR count). The number of hydrogen-bond donors (Lipinski definition) is 3. The molecule has 0 aromatic heterocycles. The van der Waals surface area contributed by atoms with Gasteiger partial charge in [-0.05, 0) is 19.8 Å². The molecule has 0 bridgehead atoms. The Labute approximate surface area is 181 Å². The number of phenols is 2. The maximum Gasteiger partial charge on any atom is 0.340 e. The van der Waals surface area contributed by atoms with Crippen molar-refractivity contribution in [1.82, 2.24) is 0 Å². The molecule has 6 heteroatoms. The number of benzene rings is 1. The Morgan fingerprint density at radius 1 is 0.700 bits per heavy atom. The Bertz CT molecular complexity index is 641. The summed E-state index contributed by atoms with van der Waals surface area (Å²) in [6.07, 6.45) is 13.2. The standard InChI is InChI=1S/C24H40O6/c1-4-6-8-10-12-14-16-29-22-18(3)19(24(27)28)20(25)21(26)23(22)30-17-15-13-11-9-7-5-2/h25-26H,4-17H2,1-3H3,(H,27,28). The summed E-state index contributed by atoms with van der Waals surface area (Å²) in [5.41, 5.74) is -0.0842. The highest BCUT2D eigenvalue weighted by Gasteiger charge is 2.27. The van der Waals surface area contributed by atoms with Gasteiger partial charge in [0.15, 0.2) is 11.5 Å². The van der Waals surface area contributed by atoms with Crippen molar-refractivity contribution < 1.29 is 29.6 Å². The van der Waals surface area contributed by atoms with Crippen molar-refractivity contribution in [3.63, 3.8) is 0 Å². The fourth-order valence-electron chi connectivity index (χ4n) is 3.48. The van der Waals surface area contributed by atoms with Crippen LogP contribution >= 0.6 is 0 Å². The van der Waals surface area contributed by atoms with E-state index in [1.54, 1.807) is 6.92 Å². The van der Waals surface area contributed by atoms with Gasteiger partial charge >= 0.3 is 5.97 Å². The first-order valence-electron chi connectivity index (χ1n) is 11.5. The lowest BCUT2D eigenvalue weighted by molar-refractivity contribution is 0.0691. The minimum Gasteiger partial charge on any atom is -0.504 e. The molecule has 0 unspecified atom stereocenters. The van der Waals surface area contributed by atoms with Crippen LogP contribution < -0.4 is 9.47 Å². The molecule has 0 amide bonds. The molecule has 0 radical (unpaired) electrons. The summed E-state index contributed by atoms with van der Waals surface area (Å²) in [7, 11) is 0. The van der Waals surface area contributed by atoms with Gasteiger partial charge in [0, 0.05) is 5.56 Å². The molecule has 0 atom stereocenters. The Balaban J connectivity index is 2.79. The fraction of sp³-hybridized carbons (Fsp3) is 0.708. The van der Waals surface area contributed by atoms with E-state index < -0.39 is 17.5 Å². The molecule has 0 heterocycles. The van der Waals surface area contributed by atoms with Crippen molar-refractivity contribution in [3.05, 3.63) is 11.1 Å². The van der Waals surface area contributed by atoms with Crippen LogP contribution in [0.15, 0.2) is 0 Å². The van der Waals surface area contributed by atoms with E-state index in [2.05, 4.69) is 13.8 Å². The van der Waals surface area contributed by atoms with Gasteiger partial charge in [-0.3, -0.25) is 0 Å². The quantitative estimate of drug-likeness (QED) is 0.193. The maximum atomic E-state index is 11.6. The molecule has 1 aromatic rings. The third-order valence-corrected chi connectivity index (χ3v) is 5.30. The normalized spacial score (nSPS) is 10.9. The Morgan fingerprint density at radius 2 is 1.13 bits per heavy atom. The largest absolute Gasteiger partial charge is 0.504 e. The first-order valence-corrected chi connectivity index (χ1v) is 11.5. The van der Waals surface area contributed by atoms with Crippen LogP contribution in [0, 0.1) is 6.92 Å². The van der Waals surface area contributed by atoms with Crippen LogP contribution in [0.1, 0.15) is 107 Å². The molecule has 0 fully saturated rings. The molecule has 0 aliphatic carbocycles. The van der Waals surface area contributed by atoms with Crippen LogP contribution in [-0.2, 0) is 0 Å². The fourth-order valence-corrected chi connectivity index (χ4v) is 3.48. The Morgan fingerprint density at radius 3 is 1.60 bits per heavy atom. The van der Waals surface area contributed by atoms with Crippen LogP contribution in [0.2, 0.25) is 0 Å². The maximum absolute atomic E-state index is 11.6. The number of aromatic carboxylic acids is 1. The van der Waals surface area contributed by atoms with Crippen molar-refractivity contribution in [3.8, 4) is 23.0 Å². The van der Waals surface area contributed by atoms with Crippen molar-refractivity contribution in [2.24, 2.45) is 0 Å². The van der Waals surface area contributed by atoms with Gasteiger partial charge in [0.25, 0.3) is 0 Å². The minimum atomic E-state index is -1.31. The minimum absolute atomic E-state index is 0.0366. The van der Waals surface area contributed by atoms with E-state index in [9.17, 15) is 20.1 Å². The third kappa shape index (κ3) is 8.33. The molecule has 0 saturated carbocycles. The molecule has 0 aliphatic rings. The molecular formula is C24H40O6. The number of ether oxygens (including phenoxy) is 2. The van der Waals surface area contributed by atoms with Gasteiger partial charge < -0.3 is 24.8 Å². The second-order valence-corrected chi connectivity index (χ2v) is 7.89. The average molecular weight is 425 g/mol. The van der Waals surface area contributed by atoms with E-state index in [4.69, 9.17) is 9.47 Å². The van der Waals surface area contributed by atoms with E-state index in [0.717, 1.165) is 38.5 Å². The van der Waals surface area contributed by atoms with E-state index >= 15 is 0 Å². The van der Waals surface area contributed by atoms with Gasteiger partial charge in [-0.2, -0.15) is 0 Å². The average Bonchev–Trinajstić information content (AvgIpc) is 2.71. The van der Waals surface area contributed by atoms with E-state index in [1.165, 1.54) is 38.5 Å². The number of carboxylic acids is 1. The third-order valence-electron chi connectivity index (χ3n) is 5.30. The lowest BCUT2D eigenvalue weighted by Gasteiger charge is -2.19. The molecule has 6 nitrogen and oxygen atoms in total. The van der Waals surface area contributed by atoms with Crippen LogP contribution in [0.4, 0.5) is 0 Å². The molecule has 3 N–H and O–H groups in total. The van der Waals surface area contributed by atoms with Crippen LogP contribution in [-0.4, -0.2) is 34.5 Å². The van der Waals surface area contributed by atoms with E-state index in [-0.39, 0.29) is 22.6 Å². The second kappa shape index (κ2) is 14.8. The Hall–Kier alpha value is -2.11. The smallest absolute Gasteiger partial charge is 0.340 e. The van der Waals surface area contributed by atoms with Crippen molar-refractivity contribution in [2.75, 3.05) is 13.2 Å². The molecule has 172 valence electrons. The van der Waals surface area contributed by atoms with Crippen LogP contribution in [0.5, 0.6) is 23.0 Å². The summed E-state index contributed by atoms with van der Waals surface area (Å²) >= 11 is 0. The number of rotatable bonds is 17. The highest BCUT2D eigenvalue weighted by atomic mass is 16.5. The molecule has 1 aromatic carbocycles. The number of carboxylic acid groups (broad SMARTS) is 1. The van der Waals surface area contributed by atoms with Crippen molar-refractivity contribution in [2.45, 2.75) is 97.8 Å². The molecule has 0 spiro atoms. The topological polar surface area (TPSA) is 96.2 Å². The molecule has 30 heavy (non-hydrogen) atoms. The number of aromatic hydroxyl groups is 2. The highest BCUT2D eigenvalue weighted by Crippen LogP contribution is 2.48. The SMILES string of the molecule is CCCCCCCCOc1c(C)c(C(=O)O)c(O)c(O)c1OCCCCCCCC. The zero-order valence-electron chi connectivity index (χ0n) is 19.0.